The summed E-state index contributed by atoms with van der Waals surface area (Å²) in [5, 5.41) is 2.66. The zero-order chi connectivity index (χ0) is 12.3. The molecule has 0 N–H and O–H groups in total. The Morgan fingerprint density at radius 3 is 1.47 bits per heavy atom. The first kappa shape index (κ1) is 16.0. The van der Waals surface area contributed by atoms with Crippen LogP contribution in [-0.2, 0) is 2.79 Å². The summed E-state index contributed by atoms with van der Waals surface area (Å²) in [6, 6.07) is 0. The molecule has 3 heteroatoms. The number of hydrogen-bond acceptors (Lipinski definition) is 1. The van der Waals surface area contributed by atoms with E-state index in [0.717, 1.165) is 9.50 Å². The summed E-state index contributed by atoms with van der Waals surface area (Å²) in [5.74, 6) is 4.89. The zero-order valence-electron chi connectivity index (χ0n) is 12.0. The molecular weight excluding hydrogens is 305 g/mol. The summed E-state index contributed by atoms with van der Waals surface area (Å²) in [4.78, 5) is 0. The molecule has 0 aliphatic carbocycles. The molecular formula is C12H30Ge2O. The third-order valence-corrected chi connectivity index (χ3v) is 31.5. The van der Waals surface area contributed by atoms with Gasteiger partial charge < -0.3 is 0 Å². The summed E-state index contributed by atoms with van der Waals surface area (Å²) >= 11 is -3.94. The molecule has 0 fully saturated rings. The van der Waals surface area contributed by atoms with Gasteiger partial charge in [-0.25, -0.2) is 0 Å². The van der Waals surface area contributed by atoms with E-state index < -0.39 is 27.2 Å². The molecule has 0 aliphatic heterocycles. The molecule has 15 heavy (non-hydrogen) atoms. The summed E-state index contributed by atoms with van der Waals surface area (Å²) in [6.07, 6.45) is 0. The van der Waals surface area contributed by atoms with Gasteiger partial charge in [-0.05, 0) is 0 Å². The standard InChI is InChI=1S/C12H30Ge2O/c1-9-14(10-2,12(5)6)15-13(7,8)11(3)4/h11-12H,9-10H2,1-8H3. The van der Waals surface area contributed by atoms with Crippen molar-refractivity contribution in [1.29, 1.82) is 0 Å². The Balaban J connectivity index is 4.83. The number of hydrogen-bond donors (Lipinski definition) is 0. The Bertz CT molecular complexity index is 184. The van der Waals surface area contributed by atoms with Gasteiger partial charge in [0.2, 0.25) is 0 Å². The van der Waals surface area contributed by atoms with Crippen LogP contribution in [0.15, 0.2) is 0 Å². The van der Waals surface area contributed by atoms with Gasteiger partial charge in [-0.1, -0.05) is 0 Å². The second kappa shape index (κ2) is 6.11. The average Bonchev–Trinajstić information content (AvgIpc) is 2.13. The van der Waals surface area contributed by atoms with Gasteiger partial charge in [0.15, 0.2) is 0 Å². The molecule has 0 heterocycles. The van der Waals surface area contributed by atoms with Crippen LogP contribution in [0.4, 0.5) is 0 Å². The molecule has 0 unspecified atom stereocenters. The topological polar surface area (TPSA) is 9.23 Å². The van der Waals surface area contributed by atoms with E-state index in [4.69, 9.17) is 2.79 Å². The van der Waals surface area contributed by atoms with Crippen molar-refractivity contribution in [2.24, 2.45) is 0 Å². The van der Waals surface area contributed by atoms with Crippen LogP contribution in [0.2, 0.25) is 31.5 Å². The van der Waals surface area contributed by atoms with Crippen molar-refractivity contribution in [3.05, 3.63) is 0 Å². The first-order valence-electron chi connectivity index (χ1n) is 6.42. The van der Waals surface area contributed by atoms with Gasteiger partial charge in [-0.2, -0.15) is 0 Å². The van der Waals surface area contributed by atoms with E-state index in [2.05, 4.69) is 53.1 Å². The Morgan fingerprint density at radius 2 is 1.27 bits per heavy atom. The molecule has 0 amide bonds. The third-order valence-electron chi connectivity index (χ3n) is 4.11. The summed E-state index contributed by atoms with van der Waals surface area (Å²) in [5.41, 5.74) is 0. The van der Waals surface area contributed by atoms with E-state index in [9.17, 15) is 0 Å². The first-order chi connectivity index (χ1) is 6.72. The Labute approximate surface area is 103 Å². The van der Waals surface area contributed by atoms with Crippen LogP contribution in [0, 0.1) is 0 Å². The maximum atomic E-state index is 6.82. The molecule has 0 aromatic rings. The van der Waals surface area contributed by atoms with Crippen molar-refractivity contribution in [1.82, 2.24) is 0 Å². The van der Waals surface area contributed by atoms with Crippen LogP contribution in [-0.4, -0.2) is 27.2 Å². The maximum absolute atomic E-state index is 6.82. The Hall–Kier alpha value is 1.05. The van der Waals surface area contributed by atoms with E-state index in [0.29, 0.717) is 0 Å². The van der Waals surface area contributed by atoms with Crippen LogP contribution in [0.3, 0.4) is 0 Å². The van der Waals surface area contributed by atoms with Gasteiger partial charge in [0.1, 0.15) is 0 Å². The molecule has 0 aromatic heterocycles. The van der Waals surface area contributed by atoms with Gasteiger partial charge in [0, 0.05) is 0 Å². The summed E-state index contributed by atoms with van der Waals surface area (Å²) < 4.78 is 8.41. The van der Waals surface area contributed by atoms with Gasteiger partial charge in [-0.3, -0.25) is 0 Å². The summed E-state index contributed by atoms with van der Waals surface area (Å²) in [7, 11) is 0. The van der Waals surface area contributed by atoms with Crippen LogP contribution < -0.4 is 0 Å². The van der Waals surface area contributed by atoms with Crippen molar-refractivity contribution >= 4 is 27.2 Å². The molecule has 0 bridgehead atoms. The normalized spacial score (nSPS) is 14.0. The van der Waals surface area contributed by atoms with Crippen LogP contribution in [0.1, 0.15) is 41.5 Å². The predicted molar refractivity (Wildman–Crippen MR) is 75.5 cm³/mol. The molecule has 0 rings (SSSR count). The fraction of sp³-hybridized carbons (Fsp3) is 1.00. The van der Waals surface area contributed by atoms with Crippen molar-refractivity contribution in [2.75, 3.05) is 0 Å². The molecule has 92 valence electrons. The molecule has 0 aromatic carbocycles. The van der Waals surface area contributed by atoms with Crippen molar-refractivity contribution in [2.45, 2.75) is 73.1 Å². The van der Waals surface area contributed by atoms with E-state index >= 15 is 0 Å². The molecule has 0 saturated heterocycles. The number of rotatable bonds is 6. The molecule has 0 radical (unpaired) electrons. The molecule has 1 nitrogen and oxygen atoms in total. The Morgan fingerprint density at radius 1 is 0.867 bits per heavy atom. The molecule has 0 atom stereocenters. The molecule has 0 aliphatic rings. The van der Waals surface area contributed by atoms with Gasteiger partial charge in [0.05, 0.1) is 0 Å². The van der Waals surface area contributed by atoms with E-state index in [1.54, 1.807) is 0 Å². The third kappa shape index (κ3) is 4.08. The van der Waals surface area contributed by atoms with Gasteiger partial charge >= 0.3 is 103 Å². The predicted octanol–water partition coefficient (Wildman–Crippen LogP) is 5.01. The van der Waals surface area contributed by atoms with E-state index in [-0.39, 0.29) is 0 Å². The minimum atomic E-state index is -1.98. The van der Waals surface area contributed by atoms with Gasteiger partial charge in [-0.15, -0.1) is 0 Å². The second-order valence-electron chi connectivity index (χ2n) is 5.79. The second-order valence-corrected chi connectivity index (χ2v) is 27.4. The van der Waals surface area contributed by atoms with Crippen molar-refractivity contribution in [3.8, 4) is 0 Å². The van der Waals surface area contributed by atoms with E-state index in [1.807, 2.05) is 0 Å². The quantitative estimate of drug-likeness (QED) is 0.620. The monoisotopic (exact) mass is 338 g/mol. The molecule has 0 spiro atoms. The van der Waals surface area contributed by atoms with Crippen molar-refractivity contribution < 1.29 is 2.79 Å². The summed E-state index contributed by atoms with van der Waals surface area (Å²) in [6.45, 7) is 14.2. The van der Waals surface area contributed by atoms with Crippen LogP contribution >= 0.6 is 0 Å². The van der Waals surface area contributed by atoms with Crippen LogP contribution in [0.25, 0.3) is 0 Å². The fourth-order valence-electron chi connectivity index (χ4n) is 1.97. The minimum absolute atomic E-state index is 0.784. The fourth-order valence-corrected chi connectivity index (χ4v) is 29.9. The van der Waals surface area contributed by atoms with E-state index in [1.165, 1.54) is 10.5 Å². The molecule has 0 saturated carbocycles. The first-order valence-corrected chi connectivity index (χ1v) is 17.7. The van der Waals surface area contributed by atoms with Gasteiger partial charge in [0.25, 0.3) is 0 Å². The zero-order valence-corrected chi connectivity index (χ0v) is 16.2. The average molecular weight is 336 g/mol. The Kier molecular flexibility index (Phi) is 6.53. The van der Waals surface area contributed by atoms with Crippen LogP contribution in [0.5, 0.6) is 0 Å². The van der Waals surface area contributed by atoms with Crippen molar-refractivity contribution in [3.63, 3.8) is 0 Å². The SMILES string of the molecule is C[CH2][Ge]([CH2]C)([O][Ge]([CH3])([CH3])[CH](C)C)[CH](C)C.